The number of amides is 1. The minimum absolute atomic E-state index is 0.0289. The molecular formula is C18H23N5O. The first-order valence-electron chi connectivity index (χ1n) is 8.68. The Labute approximate surface area is 141 Å². The van der Waals surface area contributed by atoms with Crippen LogP contribution in [0.25, 0.3) is 0 Å². The molecule has 1 aliphatic carbocycles. The van der Waals surface area contributed by atoms with Gasteiger partial charge in [-0.25, -0.2) is 0 Å². The number of rotatable bonds is 5. The van der Waals surface area contributed by atoms with Gasteiger partial charge in [0.25, 0.3) is 0 Å². The van der Waals surface area contributed by atoms with Gasteiger partial charge >= 0.3 is 0 Å². The van der Waals surface area contributed by atoms with Gasteiger partial charge in [-0.3, -0.25) is 9.89 Å². The maximum atomic E-state index is 12.2. The lowest BCUT2D eigenvalue weighted by atomic mass is 10.1. The topological polar surface area (TPSA) is 73.1 Å². The molecule has 6 heteroatoms. The third-order valence-corrected chi connectivity index (χ3v) is 4.67. The van der Waals surface area contributed by atoms with E-state index in [1.54, 1.807) is 0 Å². The standard InChI is InChI=1S/C18H23N5O/c24-18(20-17-12-16(21-22-17)14-3-4-14)11-13-1-5-15(6-2-13)23-9-7-19-8-10-23/h1-2,5-6,12,14,19H,3-4,7-11H2,(H2,20,21,22,24). The summed E-state index contributed by atoms with van der Waals surface area (Å²) in [5, 5.41) is 13.4. The van der Waals surface area contributed by atoms with Crippen molar-refractivity contribution in [3.8, 4) is 0 Å². The molecule has 1 saturated carbocycles. The van der Waals surface area contributed by atoms with Crippen molar-refractivity contribution in [1.29, 1.82) is 0 Å². The largest absolute Gasteiger partial charge is 0.369 e. The number of nitrogens with zero attached hydrogens (tertiary/aromatic N) is 2. The number of aromatic amines is 1. The first-order valence-corrected chi connectivity index (χ1v) is 8.68. The smallest absolute Gasteiger partial charge is 0.229 e. The summed E-state index contributed by atoms with van der Waals surface area (Å²) in [5.41, 5.74) is 3.37. The Balaban J connectivity index is 1.32. The number of carbonyl (C=O) groups excluding carboxylic acids is 1. The summed E-state index contributed by atoms with van der Waals surface area (Å²) in [4.78, 5) is 14.5. The highest BCUT2D eigenvalue weighted by atomic mass is 16.1. The van der Waals surface area contributed by atoms with Gasteiger partial charge in [0.05, 0.1) is 6.42 Å². The van der Waals surface area contributed by atoms with E-state index in [2.05, 4.69) is 37.9 Å². The lowest BCUT2D eigenvalue weighted by Crippen LogP contribution is -2.43. The molecule has 6 nitrogen and oxygen atoms in total. The second-order valence-electron chi connectivity index (χ2n) is 6.61. The highest BCUT2D eigenvalue weighted by Crippen LogP contribution is 2.39. The van der Waals surface area contributed by atoms with Gasteiger partial charge in [-0.15, -0.1) is 0 Å². The highest BCUT2D eigenvalue weighted by molar-refractivity contribution is 5.91. The molecule has 1 aromatic carbocycles. The maximum Gasteiger partial charge on any atom is 0.229 e. The highest BCUT2D eigenvalue weighted by Gasteiger charge is 2.25. The van der Waals surface area contributed by atoms with E-state index < -0.39 is 0 Å². The van der Waals surface area contributed by atoms with Crippen LogP contribution in [0.2, 0.25) is 0 Å². The monoisotopic (exact) mass is 325 g/mol. The SMILES string of the molecule is O=C(Cc1ccc(N2CCNCC2)cc1)Nc1cc(C2CC2)[nH]n1. The first-order chi connectivity index (χ1) is 11.8. The summed E-state index contributed by atoms with van der Waals surface area (Å²) >= 11 is 0. The Bertz CT molecular complexity index is 698. The molecular weight excluding hydrogens is 302 g/mol. The maximum absolute atomic E-state index is 12.2. The molecule has 3 N–H and O–H groups in total. The van der Waals surface area contributed by atoms with Crippen molar-refractivity contribution in [1.82, 2.24) is 15.5 Å². The molecule has 0 atom stereocenters. The second-order valence-corrected chi connectivity index (χ2v) is 6.61. The number of hydrogen-bond acceptors (Lipinski definition) is 4. The lowest BCUT2D eigenvalue weighted by molar-refractivity contribution is -0.115. The molecule has 1 amide bonds. The van der Waals surface area contributed by atoms with Crippen LogP contribution in [0.3, 0.4) is 0 Å². The van der Waals surface area contributed by atoms with Crippen molar-refractivity contribution >= 4 is 17.4 Å². The summed E-state index contributed by atoms with van der Waals surface area (Å²) in [5.74, 6) is 1.21. The van der Waals surface area contributed by atoms with Crippen molar-refractivity contribution in [2.45, 2.75) is 25.2 Å². The summed E-state index contributed by atoms with van der Waals surface area (Å²) in [6, 6.07) is 10.2. The van der Waals surface area contributed by atoms with Gasteiger partial charge in [-0.1, -0.05) is 12.1 Å². The van der Waals surface area contributed by atoms with E-state index in [9.17, 15) is 4.79 Å². The molecule has 24 heavy (non-hydrogen) atoms. The third-order valence-electron chi connectivity index (χ3n) is 4.67. The molecule has 2 aromatic rings. The average molecular weight is 325 g/mol. The van der Waals surface area contributed by atoms with E-state index in [0.29, 0.717) is 18.2 Å². The second kappa shape index (κ2) is 6.65. The van der Waals surface area contributed by atoms with E-state index >= 15 is 0 Å². The zero-order valence-corrected chi connectivity index (χ0v) is 13.7. The molecule has 1 saturated heterocycles. The van der Waals surface area contributed by atoms with Crippen LogP contribution >= 0.6 is 0 Å². The van der Waals surface area contributed by atoms with Crippen molar-refractivity contribution in [2.75, 3.05) is 36.4 Å². The fourth-order valence-corrected chi connectivity index (χ4v) is 3.12. The number of H-pyrrole nitrogens is 1. The van der Waals surface area contributed by atoms with Gasteiger partial charge < -0.3 is 15.5 Å². The van der Waals surface area contributed by atoms with E-state index in [0.717, 1.165) is 37.4 Å². The van der Waals surface area contributed by atoms with E-state index in [1.807, 2.05) is 18.2 Å². The number of aromatic nitrogens is 2. The summed E-state index contributed by atoms with van der Waals surface area (Å²) in [6.07, 6.45) is 2.80. The first kappa shape index (κ1) is 15.2. The molecule has 2 aliphatic rings. The van der Waals surface area contributed by atoms with Gasteiger partial charge in [0.15, 0.2) is 5.82 Å². The zero-order valence-electron chi connectivity index (χ0n) is 13.7. The average Bonchev–Trinajstić information content (AvgIpc) is 3.36. The Morgan fingerprint density at radius 1 is 1.21 bits per heavy atom. The Morgan fingerprint density at radius 3 is 2.67 bits per heavy atom. The molecule has 0 spiro atoms. The van der Waals surface area contributed by atoms with Crippen LogP contribution in [0, 0.1) is 0 Å². The van der Waals surface area contributed by atoms with Crippen LogP contribution in [0.1, 0.15) is 30.0 Å². The van der Waals surface area contributed by atoms with Gasteiger partial charge in [0.2, 0.25) is 5.91 Å². The van der Waals surface area contributed by atoms with Crippen LogP contribution in [0.5, 0.6) is 0 Å². The number of nitrogens with one attached hydrogen (secondary N) is 3. The lowest BCUT2D eigenvalue weighted by Gasteiger charge is -2.29. The molecule has 0 unspecified atom stereocenters. The molecule has 126 valence electrons. The Hall–Kier alpha value is -2.34. The van der Waals surface area contributed by atoms with Crippen LogP contribution in [0.15, 0.2) is 30.3 Å². The van der Waals surface area contributed by atoms with Crippen LogP contribution in [-0.4, -0.2) is 42.3 Å². The molecule has 0 radical (unpaired) electrons. The van der Waals surface area contributed by atoms with E-state index in [1.165, 1.54) is 18.5 Å². The fourth-order valence-electron chi connectivity index (χ4n) is 3.12. The van der Waals surface area contributed by atoms with Gasteiger partial charge in [-0.05, 0) is 30.5 Å². The van der Waals surface area contributed by atoms with E-state index in [4.69, 9.17) is 0 Å². The predicted octanol–water partition coefficient (Wildman–Crippen LogP) is 1.88. The number of benzene rings is 1. The molecule has 2 heterocycles. The fraction of sp³-hybridized carbons (Fsp3) is 0.444. The minimum atomic E-state index is -0.0289. The van der Waals surface area contributed by atoms with Crippen molar-refractivity contribution in [3.05, 3.63) is 41.6 Å². The Kier molecular flexibility index (Phi) is 4.21. The summed E-state index contributed by atoms with van der Waals surface area (Å²) in [6.45, 7) is 4.11. The molecule has 1 aromatic heterocycles. The van der Waals surface area contributed by atoms with Crippen LogP contribution < -0.4 is 15.5 Å². The van der Waals surface area contributed by atoms with Crippen LogP contribution in [-0.2, 0) is 11.2 Å². The number of piperazine rings is 1. The Morgan fingerprint density at radius 2 is 1.96 bits per heavy atom. The number of hydrogen-bond donors (Lipinski definition) is 3. The van der Waals surface area contributed by atoms with Crippen LogP contribution in [0.4, 0.5) is 11.5 Å². The number of carbonyl (C=O) groups is 1. The normalized spacial score (nSPS) is 17.8. The van der Waals surface area contributed by atoms with Crippen molar-refractivity contribution in [3.63, 3.8) is 0 Å². The molecule has 0 bridgehead atoms. The van der Waals surface area contributed by atoms with Crippen molar-refractivity contribution < 1.29 is 4.79 Å². The van der Waals surface area contributed by atoms with Gasteiger partial charge in [0, 0.05) is 49.5 Å². The number of anilines is 2. The van der Waals surface area contributed by atoms with E-state index in [-0.39, 0.29) is 5.91 Å². The molecule has 2 fully saturated rings. The third kappa shape index (κ3) is 3.59. The van der Waals surface area contributed by atoms with Crippen molar-refractivity contribution in [2.24, 2.45) is 0 Å². The zero-order chi connectivity index (χ0) is 16.4. The molecule has 1 aliphatic heterocycles. The summed E-state index contributed by atoms with van der Waals surface area (Å²) < 4.78 is 0. The predicted molar refractivity (Wildman–Crippen MR) is 94.4 cm³/mol. The van der Waals surface area contributed by atoms with Gasteiger partial charge in [0.1, 0.15) is 0 Å². The molecule has 4 rings (SSSR count). The minimum Gasteiger partial charge on any atom is -0.369 e. The summed E-state index contributed by atoms with van der Waals surface area (Å²) in [7, 11) is 0. The quantitative estimate of drug-likeness (QED) is 0.785. The van der Waals surface area contributed by atoms with Gasteiger partial charge in [-0.2, -0.15) is 5.10 Å².